The molecule has 114 valence electrons. The van der Waals surface area contributed by atoms with Crippen LogP contribution in [0.3, 0.4) is 0 Å². The topological polar surface area (TPSA) is 82.2 Å². The summed E-state index contributed by atoms with van der Waals surface area (Å²) in [4.78, 5) is 39.4. The molecule has 0 unspecified atom stereocenters. The molecule has 1 fully saturated rings. The van der Waals surface area contributed by atoms with Crippen molar-refractivity contribution in [3.63, 3.8) is 0 Å². The second-order valence-corrected chi connectivity index (χ2v) is 5.22. The first kappa shape index (κ1) is 14.2. The second kappa shape index (κ2) is 5.97. The number of rotatable bonds is 2. The molecule has 0 spiro atoms. The van der Waals surface area contributed by atoms with E-state index in [-0.39, 0.29) is 16.9 Å². The molecule has 22 heavy (non-hydrogen) atoms. The van der Waals surface area contributed by atoms with Crippen LogP contribution in [-0.2, 0) is 0 Å². The van der Waals surface area contributed by atoms with Crippen LogP contribution >= 0.6 is 0 Å². The molecule has 0 radical (unpaired) electrons. The fourth-order valence-electron chi connectivity index (χ4n) is 2.47. The first-order valence-electron chi connectivity index (χ1n) is 7.16. The number of amides is 1. The molecule has 1 aliphatic heterocycles. The minimum atomic E-state index is -0.241. The van der Waals surface area contributed by atoms with Gasteiger partial charge < -0.3 is 14.8 Å². The number of carbonyl (C=O) groups is 1. The maximum absolute atomic E-state index is 12.4. The number of aromatic amines is 1. The SMILES string of the molecule is Cc1cc(=O)c(C(=O)N2CCN(c3ncccn3)CC2)c[nH]1. The van der Waals surface area contributed by atoms with Gasteiger partial charge in [0.25, 0.3) is 5.91 Å². The van der Waals surface area contributed by atoms with Crippen molar-refractivity contribution in [2.75, 3.05) is 31.1 Å². The Bertz CT molecular complexity index is 720. The minimum Gasteiger partial charge on any atom is -0.364 e. The van der Waals surface area contributed by atoms with Crippen molar-refractivity contribution in [2.24, 2.45) is 0 Å². The average Bonchev–Trinajstić information content (AvgIpc) is 2.55. The zero-order valence-corrected chi connectivity index (χ0v) is 12.3. The lowest BCUT2D eigenvalue weighted by Gasteiger charge is -2.34. The molecular weight excluding hydrogens is 282 g/mol. The minimum absolute atomic E-state index is 0.190. The van der Waals surface area contributed by atoms with E-state index in [9.17, 15) is 9.59 Å². The summed E-state index contributed by atoms with van der Waals surface area (Å²) >= 11 is 0. The highest BCUT2D eigenvalue weighted by Gasteiger charge is 2.24. The fourth-order valence-corrected chi connectivity index (χ4v) is 2.47. The normalized spacial score (nSPS) is 15.0. The highest BCUT2D eigenvalue weighted by molar-refractivity contribution is 5.94. The van der Waals surface area contributed by atoms with Crippen molar-refractivity contribution >= 4 is 11.9 Å². The van der Waals surface area contributed by atoms with Gasteiger partial charge >= 0.3 is 0 Å². The monoisotopic (exact) mass is 299 g/mol. The summed E-state index contributed by atoms with van der Waals surface area (Å²) in [5.74, 6) is 0.442. The van der Waals surface area contributed by atoms with Gasteiger partial charge in [-0.25, -0.2) is 9.97 Å². The number of nitrogens with zero attached hydrogens (tertiary/aromatic N) is 4. The van der Waals surface area contributed by atoms with Gasteiger partial charge in [-0.3, -0.25) is 9.59 Å². The molecule has 3 rings (SSSR count). The molecule has 3 heterocycles. The van der Waals surface area contributed by atoms with E-state index >= 15 is 0 Å². The van der Waals surface area contributed by atoms with E-state index in [1.165, 1.54) is 12.3 Å². The first-order valence-corrected chi connectivity index (χ1v) is 7.16. The number of nitrogens with one attached hydrogen (secondary N) is 1. The molecule has 1 aliphatic rings. The average molecular weight is 299 g/mol. The number of aryl methyl sites for hydroxylation is 1. The molecule has 7 heteroatoms. The molecule has 0 bridgehead atoms. The zero-order chi connectivity index (χ0) is 15.5. The molecule has 1 saturated heterocycles. The lowest BCUT2D eigenvalue weighted by molar-refractivity contribution is 0.0744. The number of carbonyl (C=O) groups excluding carboxylic acids is 1. The summed E-state index contributed by atoms with van der Waals surface area (Å²) in [5, 5.41) is 0. The van der Waals surface area contributed by atoms with Gasteiger partial charge in [0.15, 0.2) is 5.43 Å². The van der Waals surface area contributed by atoms with E-state index in [0.29, 0.717) is 32.1 Å². The highest BCUT2D eigenvalue weighted by Crippen LogP contribution is 2.11. The number of hydrogen-bond acceptors (Lipinski definition) is 5. The molecule has 7 nitrogen and oxygen atoms in total. The molecule has 1 N–H and O–H groups in total. The zero-order valence-electron chi connectivity index (χ0n) is 12.3. The van der Waals surface area contributed by atoms with Crippen LogP contribution in [0.15, 0.2) is 35.5 Å². The predicted octanol–water partition coefficient (Wildman–Crippen LogP) is 0.436. The van der Waals surface area contributed by atoms with Gasteiger partial charge in [0.1, 0.15) is 5.56 Å². The van der Waals surface area contributed by atoms with Crippen LogP contribution < -0.4 is 10.3 Å². The van der Waals surface area contributed by atoms with Crippen LogP contribution in [0.4, 0.5) is 5.95 Å². The first-order chi connectivity index (χ1) is 10.6. The standard InChI is InChI=1S/C15H17N5O2/c1-11-9-13(21)12(10-18-11)14(22)19-5-7-20(8-6-19)15-16-3-2-4-17-15/h2-4,9-10H,5-8H2,1H3,(H,18,21). The maximum Gasteiger partial charge on any atom is 0.259 e. The van der Waals surface area contributed by atoms with Crippen molar-refractivity contribution in [3.8, 4) is 0 Å². The number of aromatic nitrogens is 3. The largest absolute Gasteiger partial charge is 0.364 e. The summed E-state index contributed by atoms with van der Waals surface area (Å²) in [6, 6.07) is 3.22. The van der Waals surface area contributed by atoms with E-state index < -0.39 is 0 Å². The van der Waals surface area contributed by atoms with E-state index in [1.54, 1.807) is 30.3 Å². The summed E-state index contributed by atoms with van der Waals surface area (Å²) < 4.78 is 0. The number of H-pyrrole nitrogens is 1. The van der Waals surface area contributed by atoms with Crippen molar-refractivity contribution in [1.29, 1.82) is 0 Å². The third-order valence-corrected chi connectivity index (χ3v) is 3.69. The van der Waals surface area contributed by atoms with Crippen molar-refractivity contribution in [1.82, 2.24) is 19.9 Å². The van der Waals surface area contributed by atoms with Crippen LogP contribution in [0.25, 0.3) is 0 Å². The molecule has 2 aromatic heterocycles. The van der Waals surface area contributed by atoms with E-state index in [0.717, 1.165) is 5.69 Å². The van der Waals surface area contributed by atoms with Gasteiger partial charge in [-0.05, 0) is 13.0 Å². The second-order valence-electron chi connectivity index (χ2n) is 5.22. The molecule has 0 aromatic carbocycles. The Hall–Kier alpha value is -2.70. The van der Waals surface area contributed by atoms with Crippen LogP contribution in [0.5, 0.6) is 0 Å². The number of hydrogen-bond donors (Lipinski definition) is 1. The Morgan fingerprint density at radius 2 is 1.86 bits per heavy atom. The van der Waals surface area contributed by atoms with Gasteiger partial charge in [0.2, 0.25) is 5.95 Å². The van der Waals surface area contributed by atoms with Crippen molar-refractivity contribution in [2.45, 2.75) is 6.92 Å². The Balaban J connectivity index is 1.68. The molecule has 0 aliphatic carbocycles. The fraction of sp³-hybridized carbons (Fsp3) is 0.333. The quantitative estimate of drug-likeness (QED) is 0.870. The lowest BCUT2D eigenvalue weighted by atomic mass is 10.2. The van der Waals surface area contributed by atoms with Gasteiger partial charge in [0.05, 0.1) is 0 Å². The van der Waals surface area contributed by atoms with E-state index in [1.807, 2.05) is 4.90 Å². The van der Waals surface area contributed by atoms with Crippen molar-refractivity contribution in [3.05, 3.63) is 52.2 Å². The summed E-state index contributed by atoms with van der Waals surface area (Å²) in [5.41, 5.74) is 0.692. The lowest BCUT2D eigenvalue weighted by Crippen LogP contribution is -2.50. The molecule has 1 amide bonds. The molecule has 0 saturated carbocycles. The van der Waals surface area contributed by atoms with Crippen LogP contribution in [0.2, 0.25) is 0 Å². The Morgan fingerprint density at radius 3 is 2.50 bits per heavy atom. The number of piperazine rings is 1. The summed E-state index contributed by atoms with van der Waals surface area (Å²) in [6.45, 7) is 4.18. The van der Waals surface area contributed by atoms with Gasteiger partial charge in [-0.2, -0.15) is 0 Å². The van der Waals surface area contributed by atoms with Gasteiger partial charge in [-0.1, -0.05) is 0 Å². The molecular formula is C15H17N5O2. The van der Waals surface area contributed by atoms with Crippen LogP contribution in [0, 0.1) is 6.92 Å². The highest BCUT2D eigenvalue weighted by atomic mass is 16.2. The van der Waals surface area contributed by atoms with Gasteiger partial charge in [-0.15, -0.1) is 0 Å². The maximum atomic E-state index is 12.4. The van der Waals surface area contributed by atoms with E-state index in [4.69, 9.17) is 0 Å². The third kappa shape index (κ3) is 2.83. The smallest absolute Gasteiger partial charge is 0.259 e. The summed E-state index contributed by atoms with van der Waals surface area (Å²) in [7, 11) is 0. The third-order valence-electron chi connectivity index (χ3n) is 3.69. The predicted molar refractivity (Wildman–Crippen MR) is 81.9 cm³/mol. The molecule has 2 aromatic rings. The Labute approximate surface area is 127 Å². The summed E-state index contributed by atoms with van der Waals surface area (Å²) in [6.07, 6.45) is 4.89. The van der Waals surface area contributed by atoms with Crippen LogP contribution in [-0.4, -0.2) is 51.9 Å². The van der Waals surface area contributed by atoms with Crippen molar-refractivity contribution < 1.29 is 4.79 Å². The van der Waals surface area contributed by atoms with Gasteiger partial charge in [0, 0.05) is 56.5 Å². The number of pyridine rings is 1. The number of anilines is 1. The van der Waals surface area contributed by atoms with E-state index in [2.05, 4.69) is 15.0 Å². The Kier molecular flexibility index (Phi) is 3.86. The van der Waals surface area contributed by atoms with Crippen LogP contribution in [0.1, 0.15) is 16.1 Å². The molecule has 0 atom stereocenters. The Morgan fingerprint density at radius 1 is 1.18 bits per heavy atom.